The molecule has 0 atom stereocenters. The second kappa shape index (κ2) is 9.46. The zero-order chi connectivity index (χ0) is 23.6. The molecule has 2 aromatic rings. The standard InChI is InChI=1S/C23H32N4O4S/c1-16-8-10-27(11-9-16)23(29)21-13-19(14-25(21)4)32(30,31)26(5)15-22(28)24-20-12-17(2)6-7-18(20)3/h6-7,12-14,16H,8-11,15H2,1-5H3,(H,24,28). The fourth-order valence-electron chi connectivity index (χ4n) is 3.79. The number of piperidine rings is 1. The zero-order valence-electron chi connectivity index (χ0n) is 19.4. The van der Waals surface area contributed by atoms with E-state index in [0.717, 1.165) is 28.3 Å². The van der Waals surface area contributed by atoms with E-state index in [9.17, 15) is 18.0 Å². The van der Waals surface area contributed by atoms with E-state index in [1.54, 1.807) is 11.9 Å². The molecule has 2 amide bonds. The third-order valence-electron chi connectivity index (χ3n) is 6.01. The molecule has 8 nitrogen and oxygen atoms in total. The number of hydrogen-bond acceptors (Lipinski definition) is 4. The maximum absolute atomic E-state index is 13.1. The summed E-state index contributed by atoms with van der Waals surface area (Å²) in [6.07, 6.45) is 3.31. The van der Waals surface area contributed by atoms with Crippen molar-refractivity contribution in [3.05, 3.63) is 47.3 Å². The summed E-state index contributed by atoms with van der Waals surface area (Å²) in [6, 6.07) is 7.09. The first kappa shape index (κ1) is 24.0. The summed E-state index contributed by atoms with van der Waals surface area (Å²) in [6.45, 7) is 6.97. The molecule has 174 valence electrons. The van der Waals surface area contributed by atoms with E-state index in [1.807, 2.05) is 32.0 Å². The number of carbonyl (C=O) groups is 2. The average Bonchev–Trinajstić information content (AvgIpc) is 3.13. The second-order valence-corrected chi connectivity index (χ2v) is 10.8. The maximum atomic E-state index is 13.1. The summed E-state index contributed by atoms with van der Waals surface area (Å²) in [5.74, 6) is -0.0117. The second-order valence-electron chi connectivity index (χ2n) is 8.77. The molecule has 0 unspecified atom stereocenters. The molecule has 1 aromatic carbocycles. The number of rotatable bonds is 6. The lowest BCUT2D eigenvalue weighted by molar-refractivity contribution is -0.116. The lowest BCUT2D eigenvalue weighted by Crippen LogP contribution is -2.38. The molecule has 1 aliphatic rings. The van der Waals surface area contributed by atoms with E-state index < -0.39 is 15.9 Å². The molecule has 9 heteroatoms. The number of benzene rings is 1. The highest BCUT2D eigenvalue weighted by molar-refractivity contribution is 7.89. The molecule has 1 aliphatic heterocycles. The lowest BCUT2D eigenvalue weighted by Gasteiger charge is -2.30. The van der Waals surface area contributed by atoms with Crippen LogP contribution >= 0.6 is 0 Å². The predicted molar refractivity (Wildman–Crippen MR) is 124 cm³/mol. The van der Waals surface area contributed by atoms with Gasteiger partial charge in [0, 0.05) is 39.1 Å². The van der Waals surface area contributed by atoms with Gasteiger partial charge in [-0.2, -0.15) is 4.31 Å². The van der Waals surface area contributed by atoms with Crippen molar-refractivity contribution >= 4 is 27.5 Å². The molecule has 1 aromatic heterocycles. The molecule has 0 bridgehead atoms. The van der Waals surface area contributed by atoms with Gasteiger partial charge in [-0.3, -0.25) is 9.59 Å². The maximum Gasteiger partial charge on any atom is 0.270 e. The topological polar surface area (TPSA) is 91.7 Å². The van der Waals surface area contributed by atoms with Gasteiger partial charge in [-0.15, -0.1) is 0 Å². The van der Waals surface area contributed by atoms with Gasteiger partial charge in [0.1, 0.15) is 10.6 Å². The zero-order valence-corrected chi connectivity index (χ0v) is 20.2. The summed E-state index contributed by atoms with van der Waals surface area (Å²) < 4.78 is 28.7. The van der Waals surface area contributed by atoms with Crippen LogP contribution in [0.1, 0.15) is 41.4 Å². The number of aromatic nitrogens is 1. The first-order valence-electron chi connectivity index (χ1n) is 10.8. The number of anilines is 1. The molecule has 3 rings (SSSR count). The first-order valence-corrected chi connectivity index (χ1v) is 12.2. The Labute approximate surface area is 190 Å². The fraction of sp³-hybridized carbons (Fsp3) is 0.478. The van der Waals surface area contributed by atoms with Crippen molar-refractivity contribution in [3.63, 3.8) is 0 Å². The molecule has 1 fully saturated rings. The highest BCUT2D eigenvalue weighted by Gasteiger charge is 2.29. The molecule has 0 radical (unpaired) electrons. The molecule has 2 heterocycles. The quantitative estimate of drug-likeness (QED) is 0.718. The molecule has 1 saturated heterocycles. The number of carbonyl (C=O) groups excluding carboxylic acids is 2. The van der Waals surface area contributed by atoms with Crippen molar-refractivity contribution in [2.24, 2.45) is 13.0 Å². The largest absolute Gasteiger partial charge is 0.345 e. The SMILES string of the molecule is Cc1ccc(C)c(NC(=O)CN(C)S(=O)(=O)c2cc(C(=O)N3CCC(C)CC3)n(C)c2)c1. The van der Waals surface area contributed by atoms with Crippen LogP contribution in [-0.4, -0.2) is 60.7 Å². The predicted octanol–water partition coefficient (Wildman–Crippen LogP) is 2.77. The van der Waals surface area contributed by atoms with Crippen molar-refractivity contribution in [1.82, 2.24) is 13.8 Å². The number of amides is 2. The van der Waals surface area contributed by atoms with Crippen molar-refractivity contribution in [3.8, 4) is 0 Å². The molecule has 0 saturated carbocycles. The van der Waals surface area contributed by atoms with Crippen LogP contribution in [-0.2, 0) is 21.9 Å². The summed E-state index contributed by atoms with van der Waals surface area (Å²) in [4.78, 5) is 27.2. The Kier molecular flexibility index (Phi) is 7.09. The number of aryl methyl sites for hydroxylation is 3. The Morgan fingerprint density at radius 2 is 1.81 bits per heavy atom. The van der Waals surface area contributed by atoms with Gasteiger partial charge in [0.05, 0.1) is 6.54 Å². The van der Waals surface area contributed by atoms with E-state index in [0.29, 0.717) is 30.4 Å². The Bertz CT molecular complexity index is 1120. The van der Waals surface area contributed by atoms with Crippen molar-refractivity contribution in [2.75, 3.05) is 32.0 Å². The van der Waals surface area contributed by atoms with Crippen LogP contribution in [0.2, 0.25) is 0 Å². The van der Waals surface area contributed by atoms with Crippen molar-refractivity contribution in [2.45, 2.75) is 38.5 Å². The van der Waals surface area contributed by atoms with Crippen LogP contribution in [0.15, 0.2) is 35.4 Å². The molecular formula is C23H32N4O4S. The highest BCUT2D eigenvalue weighted by Crippen LogP contribution is 2.22. The van der Waals surface area contributed by atoms with Gasteiger partial charge in [0.2, 0.25) is 15.9 Å². The molecule has 32 heavy (non-hydrogen) atoms. The van der Waals surface area contributed by atoms with Crippen LogP contribution in [0.5, 0.6) is 0 Å². The Balaban J connectivity index is 1.71. The van der Waals surface area contributed by atoms with E-state index in [2.05, 4.69) is 12.2 Å². The summed E-state index contributed by atoms with van der Waals surface area (Å²) in [7, 11) is -0.920. The summed E-state index contributed by atoms with van der Waals surface area (Å²) in [5.41, 5.74) is 2.87. The first-order chi connectivity index (χ1) is 15.0. The summed E-state index contributed by atoms with van der Waals surface area (Å²) >= 11 is 0. The van der Waals surface area contributed by atoms with Crippen LogP contribution in [0.25, 0.3) is 0 Å². The van der Waals surface area contributed by atoms with Crippen molar-refractivity contribution < 1.29 is 18.0 Å². The van der Waals surface area contributed by atoms with Crippen LogP contribution in [0.3, 0.4) is 0 Å². The number of nitrogens with zero attached hydrogens (tertiary/aromatic N) is 3. The van der Waals surface area contributed by atoms with Gasteiger partial charge < -0.3 is 14.8 Å². The molecule has 0 spiro atoms. The Morgan fingerprint density at radius 3 is 2.47 bits per heavy atom. The molecule has 1 N–H and O–H groups in total. The van der Waals surface area contributed by atoms with E-state index >= 15 is 0 Å². The summed E-state index contributed by atoms with van der Waals surface area (Å²) in [5, 5.41) is 2.78. The minimum Gasteiger partial charge on any atom is -0.345 e. The monoisotopic (exact) mass is 460 g/mol. The van der Waals surface area contributed by atoms with Crippen LogP contribution < -0.4 is 5.32 Å². The van der Waals surface area contributed by atoms with Gasteiger partial charge in [-0.05, 0) is 55.9 Å². The number of nitrogens with one attached hydrogen (secondary N) is 1. The Morgan fingerprint density at radius 1 is 1.16 bits per heavy atom. The minimum atomic E-state index is -3.94. The van der Waals surface area contributed by atoms with Crippen LogP contribution in [0.4, 0.5) is 5.69 Å². The third kappa shape index (κ3) is 5.21. The van der Waals surface area contributed by atoms with Crippen LogP contribution in [0, 0.1) is 19.8 Å². The van der Waals surface area contributed by atoms with Gasteiger partial charge in [-0.1, -0.05) is 19.1 Å². The third-order valence-corrected chi connectivity index (χ3v) is 7.78. The van der Waals surface area contributed by atoms with Gasteiger partial charge in [0.25, 0.3) is 5.91 Å². The van der Waals surface area contributed by atoms with Gasteiger partial charge >= 0.3 is 0 Å². The lowest BCUT2D eigenvalue weighted by atomic mass is 9.99. The van der Waals surface area contributed by atoms with Crippen molar-refractivity contribution in [1.29, 1.82) is 0 Å². The Hall–Kier alpha value is -2.65. The highest BCUT2D eigenvalue weighted by atomic mass is 32.2. The smallest absolute Gasteiger partial charge is 0.270 e. The number of likely N-dealkylation sites (N-methyl/N-ethyl adjacent to an activating group) is 1. The number of likely N-dealkylation sites (tertiary alicyclic amines) is 1. The number of sulfonamides is 1. The van der Waals surface area contributed by atoms with E-state index in [1.165, 1.54) is 23.9 Å². The molecular weight excluding hydrogens is 428 g/mol. The van der Waals surface area contributed by atoms with E-state index in [4.69, 9.17) is 0 Å². The average molecular weight is 461 g/mol. The van der Waals surface area contributed by atoms with Gasteiger partial charge in [-0.25, -0.2) is 8.42 Å². The number of hydrogen-bond donors (Lipinski definition) is 1. The van der Waals surface area contributed by atoms with Gasteiger partial charge in [0.15, 0.2) is 0 Å². The molecule has 0 aliphatic carbocycles. The fourth-order valence-corrected chi connectivity index (χ4v) is 4.99. The minimum absolute atomic E-state index is 0.00392. The normalized spacial score (nSPS) is 15.2. The van der Waals surface area contributed by atoms with E-state index in [-0.39, 0.29) is 17.3 Å².